The van der Waals surface area contributed by atoms with Crippen LogP contribution < -0.4 is 5.32 Å². The van der Waals surface area contributed by atoms with Crippen LogP contribution in [0.25, 0.3) is 11.1 Å². The summed E-state index contributed by atoms with van der Waals surface area (Å²) in [6.45, 7) is 4.59. The molecular weight excluding hydrogens is 444 g/mol. The van der Waals surface area contributed by atoms with E-state index in [1.165, 1.54) is 16.0 Å². The van der Waals surface area contributed by atoms with Crippen LogP contribution in [0.1, 0.15) is 63.0 Å². The highest BCUT2D eigenvalue weighted by Crippen LogP contribution is 2.44. The van der Waals surface area contributed by atoms with Gasteiger partial charge in [-0.3, -0.25) is 4.79 Å². The summed E-state index contributed by atoms with van der Waals surface area (Å²) >= 11 is 0. The third-order valence-electron chi connectivity index (χ3n) is 7.39. The number of benzene rings is 2. The van der Waals surface area contributed by atoms with E-state index in [4.69, 9.17) is 4.74 Å². The fourth-order valence-electron chi connectivity index (χ4n) is 5.34. The number of carboxylic acid groups (broad SMARTS) is 1. The maximum atomic E-state index is 12.8. The molecule has 2 N–H and O–H groups in total. The molecule has 3 atom stereocenters. The summed E-state index contributed by atoms with van der Waals surface area (Å²) < 4.78 is 5.58. The van der Waals surface area contributed by atoms with E-state index in [2.05, 4.69) is 36.5 Å². The summed E-state index contributed by atoms with van der Waals surface area (Å²) in [6.07, 6.45) is 2.35. The van der Waals surface area contributed by atoms with Crippen LogP contribution >= 0.6 is 0 Å². The predicted molar refractivity (Wildman–Crippen MR) is 133 cm³/mol. The fourth-order valence-corrected chi connectivity index (χ4v) is 5.34. The topological polar surface area (TPSA) is 95.9 Å². The van der Waals surface area contributed by atoms with E-state index in [9.17, 15) is 19.5 Å². The Labute approximate surface area is 206 Å². The molecule has 4 rings (SSSR count). The van der Waals surface area contributed by atoms with Crippen molar-refractivity contribution in [3.63, 3.8) is 0 Å². The van der Waals surface area contributed by atoms with Gasteiger partial charge in [-0.2, -0.15) is 0 Å². The van der Waals surface area contributed by atoms with Crippen LogP contribution in [-0.2, 0) is 14.3 Å². The van der Waals surface area contributed by atoms with Crippen LogP contribution in [0.15, 0.2) is 48.5 Å². The smallest absolute Gasteiger partial charge is 0.407 e. The minimum atomic E-state index is -0.943. The molecule has 0 spiro atoms. The van der Waals surface area contributed by atoms with Crippen molar-refractivity contribution < 1.29 is 24.2 Å². The van der Waals surface area contributed by atoms with E-state index >= 15 is 0 Å². The molecule has 1 aliphatic heterocycles. The maximum absolute atomic E-state index is 12.8. The van der Waals surface area contributed by atoms with Gasteiger partial charge >= 0.3 is 12.1 Å². The van der Waals surface area contributed by atoms with Gasteiger partial charge in [-0.05, 0) is 54.4 Å². The van der Waals surface area contributed by atoms with Gasteiger partial charge in [0, 0.05) is 24.9 Å². The summed E-state index contributed by atoms with van der Waals surface area (Å²) in [6, 6.07) is 15.3. The molecule has 2 aromatic rings. The summed E-state index contributed by atoms with van der Waals surface area (Å²) in [7, 11) is 0. The van der Waals surface area contributed by atoms with Crippen molar-refractivity contribution >= 4 is 18.0 Å². The Morgan fingerprint density at radius 2 is 1.71 bits per heavy atom. The second-order valence-electron chi connectivity index (χ2n) is 9.65. The predicted octanol–water partition coefficient (Wildman–Crippen LogP) is 4.80. The average molecular weight is 479 g/mol. The van der Waals surface area contributed by atoms with Gasteiger partial charge in [0.25, 0.3) is 0 Å². The van der Waals surface area contributed by atoms with Crippen molar-refractivity contribution in [1.82, 2.24) is 10.2 Å². The molecule has 35 heavy (non-hydrogen) atoms. The molecular formula is C28H34N2O5. The van der Waals surface area contributed by atoms with Crippen molar-refractivity contribution in [1.29, 1.82) is 0 Å². The summed E-state index contributed by atoms with van der Waals surface area (Å²) in [5.41, 5.74) is 4.65. The van der Waals surface area contributed by atoms with Gasteiger partial charge in [0.1, 0.15) is 12.6 Å². The Balaban J connectivity index is 1.27. The molecule has 0 aromatic heterocycles. The molecule has 0 saturated carbocycles. The Morgan fingerprint density at radius 3 is 2.31 bits per heavy atom. The van der Waals surface area contributed by atoms with Crippen molar-refractivity contribution in [2.24, 2.45) is 5.92 Å². The van der Waals surface area contributed by atoms with E-state index in [-0.39, 0.29) is 30.9 Å². The molecule has 2 amide bonds. The number of carbonyl (C=O) groups excluding carboxylic acids is 2. The number of likely N-dealkylation sites (tertiary alicyclic amines) is 1. The lowest BCUT2D eigenvalue weighted by molar-refractivity contribution is -0.153. The lowest BCUT2D eigenvalue weighted by Crippen LogP contribution is -2.50. The quantitative estimate of drug-likeness (QED) is 0.568. The van der Waals surface area contributed by atoms with Gasteiger partial charge in [-0.15, -0.1) is 0 Å². The highest BCUT2D eigenvalue weighted by atomic mass is 16.5. The number of nitrogens with one attached hydrogen (secondary N) is 1. The van der Waals surface area contributed by atoms with Gasteiger partial charge in [-0.25, -0.2) is 9.59 Å². The van der Waals surface area contributed by atoms with Gasteiger partial charge < -0.3 is 20.1 Å². The number of aliphatic carboxylic acids is 1. The van der Waals surface area contributed by atoms with Crippen LogP contribution in [0.2, 0.25) is 0 Å². The van der Waals surface area contributed by atoms with E-state index in [0.29, 0.717) is 25.3 Å². The Morgan fingerprint density at radius 1 is 1.09 bits per heavy atom. The number of hydrogen-bond donors (Lipinski definition) is 2. The summed E-state index contributed by atoms with van der Waals surface area (Å²) in [5.74, 6) is -0.784. The molecule has 1 heterocycles. The van der Waals surface area contributed by atoms with Crippen LogP contribution in [0.5, 0.6) is 0 Å². The van der Waals surface area contributed by atoms with Crippen LogP contribution in [0, 0.1) is 5.92 Å². The molecule has 1 fully saturated rings. The molecule has 186 valence electrons. The number of hydrogen-bond acceptors (Lipinski definition) is 4. The first-order chi connectivity index (χ1) is 16.9. The lowest BCUT2D eigenvalue weighted by Gasteiger charge is -2.37. The van der Waals surface area contributed by atoms with Crippen LogP contribution in [-0.4, -0.2) is 53.2 Å². The van der Waals surface area contributed by atoms with Crippen molar-refractivity contribution in [3.8, 4) is 11.1 Å². The zero-order chi connectivity index (χ0) is 24.9. The highest BCUT2D eigenvalue weighted by Gasteiger charge is 2.35. The second kappa shape index (κ2) is 10.9. The number of piperidine rings is 1. The van der Waals surface area contributed by atoms with Gasteiger partial charge in [-0.1, -0.05) is 61.9 Å². The largest absolute Gasteiger partial charge is 0.480 e. The minimum Gasteiger partial charge on any atom is -0.480 e. The lowest BCUT2D eigenvalue weighted by atomic mass is 9.88. The number of amides is 2. The number of ether oxygens (including phenoxy) is 1. The number of carbonyl (C=O) groups is 3. The van der Waals surface area contributed by atoms with Gasteiger partial charge in [0.2, 0.25) is 5.91 Å². The Hall–Kier alpha value is -3.35. The van der Waals surface area contributed by atoms with Crippen molar-refractivity contribution in [3.05, 3.63) is 59.7 Å². The molecule has 0 radical (unpaired) electrons. The van der Waals surface area contributed by atoms with Gasteiger partial charge in [0.15, 0.2) is 0 Å². The SMILES string of the molecule is CCC1CCN(C(=O)CCC(C)NC(=O)OCC2c3ccccc3-c3ccccc32)C(C(=O)O)C1. The second-order valence-corrected chi connectivity index (χ2v) is 9.65. The van der Waals surface area contributed by atoms with Crippen molar-refractivity contribution in [2.45, 2.75) is 64.0 Å². The molecule has 2 aromatic carbocycles. The molecule has 2 aliphatic rings. The number of rotatable bonds is 8. The molecule has 3 unspecified atom stereocenters. The van der Waals surface area contributed by atoms with E-state index < -0.39 is 18.1 Å². The number of nitrogens with zero attached hydrogens (tertiary/aromatic N) is 1. The molecule has 1 saturated heterocycles. The van der Waals surface area contributed by atoms with Crippen LogP contribution in [0.3, 0.4) is 0 Å². The monoisotopic (exact) mass is 478 g/mol. The number of alkyl carbamates (subject to hydrolysis) is 1. The third kappa shape index (κ3) is 5.50. The van der Waals surface area contributed by atoms with Crippen LogP contribution in [0.4, 0.5) is 4.79 Å². The Kier molecular flexibility index (Phi) is 7.73. The zero-order valence-corrected chi connectivity index (χ0v) is 20.4. The highest BCUT2D eigenvalue weighted by molar-refractivity contribution is 5.84. The van der Waals surface area contributed by atoms with E-state index in [1.54, 1.807) is 0 Å². The normalized spacial score (nSPS) is 20.0. The molecule has 7 heteroatoms. The molecule has 7 nitrogen and oxygen atoms in total. The first kappa shape index (κ1) is 24.8. The van der Waals surface area contributed by atoms with Crippen molar-refractivity contribution in [2.75, 3.05) is 13.2 Å². The average Bonchev–Trinajstić information content (AvgIpc) is 3.19. The fraction of sp³-hybridized carbons (Fsp3) is 0.464. The van der Waals surface area contributed by atoms with Gasteiger partial charge in [0.05, 0.1) is 0 Å². The number of fused-ring (bicyclic) bond motifs is 3. The first-order valence-corrected chi connectivity index (χ1v) is 12.5. The Bertz CT molecular complexity index is 1040. The molecule has 1 aliphatic carbocycles. The minimum absolute atomic E-state index is 0.0102. The maximum Gasteiger partial charge on any atom is 0.407 e. The summed E-state index contributed by atoms with van der Waals surface area (Å²) in [4.78, 5) is 38.4. The van der Waals surface area contributed by atoms with E-state index in [1.807, 2.05) is 31.2 Å². The zero-order valence-electron chi connectivity index (χ0n) is 20.4. The molecule has 0 bridgehead atoms. The number of carboxylic acids is 1. The van der Waals surface area contributed by atoms with E-state index in [0.717, 1.165) is 24.0 Å². The standard InChI is InChI=1S/C28H34N2O5/c1-3-19-14-15-30(25(16-19)27(32)33)26(31)13-12-18(2)29-28(34)35-17-24-22-10-6-4-8-20(22)21-9-5-7-11-23(21)24/h4-11,18-19,24-25H,3,12-17H2,1-2H3,(H,29,34)(H,32,33). The first-order valence-electron chi connectivity index (χ1n) is 12.5. The summed E-state index contributed by atoms with van der Waals surface area (Å²) in [5, 5.41) is 12.4. The third-order valence-corrected chi connectivity index (χ3v) is 7.39.